The van der Waals surface area contributed by atoms with Crippen molar-refractivity contribution in [3.63, 3.8) is 0 Å². The molecule has 3 rings (SSSR count). The van der Waals surface area contributed by atoms with Crippen molar-refractivity contribution >= 4 is 28.1 Å². The first-order valence-electron chi connectivity index (χ1n) is 11.6. The molecule has 0 radical (unpaired) electrons. The summed E-state index contributed by atoms with van der Waals surface area (Å²) in [6, 6.07) is 17.0. The number of likely N-dealkylation sites (N-methyl/N-ethyl adjacent to an activating group) is 1. The maximum absolute atomic E-state index is 13.4. The first-order chi connectivity index (χ1) is 15.2. The molecule has 1 fully saturated rings. The van der Waals surface area contributed by atoms with Crippen molar-refractivity contribution < 1.29 is 14.3 Å². The fourth-order valence-electron chi connectivity index (χ4n) is 5.58. The largest absolute Gasteiger partial charge is 0.415 e. The zero-order valence-electron chi connectivity index (χ0n) is 21.5. The highest BCUT2D eigenvalue weighted by Gasteiger charge is 2.62. The van der Waals surface area contributed by atoms with Gasteiger partial charge in [-0.1, -0.05) is 81.7 Å². The Morgan fingerprint density at radius 2 is 1.39 bits per heavy atom. The lowest BCUT2D eigenvalue weighted by atomic mass is 9.82. The number of hydrogen-bond donors (Lipinski definition) is 0. The predicted octanol–water partition coefficient (Wildman–Crippen LogP) is 5.90. The zero-order valence-corrected chi connectivity index (χ0v) is 23.5. The van der Waals surface area contributed by atoms with Crippen molar-refractivity contribution in [2.75, 3.05) is 7.05 Å². The van der Waals surface area contributed by atoms with E-state index in [1.165, 1.54) is 4.90 Å². The van der Waals surface area contributed by atoms with Crippen molar-refractivity contribution in [2.45, 2.75) is 70.0 Å². The average Bonchev–Trinajstić information content (AvgIpc) is 2.71. The molecule has 7 heteroatoms. The molecular formula is C26H38N2O3Si2. The van der Waals surface area contributed by atoms with Crippen LogP contribution in [0.1, 0.15) is 13.8 Å². The van der Waals surface area contributed by atoms with Crippen LogP contribution < -0.4 is 4.74 Å². The first kappa shape index (κ1) is 25.2. The Bertz CT molecular complexity index is 995. The second-order valence-corrected chi connectivity index (χ2v) is 22.9. The molecule has 1 heterocycles. The van der Waals surface area contributed by atoms with Crippen LogP contribution >= 0.6 is 0 Å². The molecule has 2 aromatic rings. The Kier molecular flexibility index (Phi) is 6.70. The molecule has 0 saturated carbocycles. The van der Waals surface area contributed by atoms with Gasteiger partial charge in [0.15, 0.2) is 0 Å². The van der Waals surface area contributed by atoms with Gasteiger partial charge in [-0.25, -0.2) is 4.79 Å². The van der Waals surface area contributed by atoms with Gasteiger partial charge < -0.3 is 9.64 Å². The number of amides is 2. The van der Waals surface area contributed by atoms with Crippen LogP contribution in [-0.2, 0) is 4.79 Å². The van der Waals surface area contributed by atoms with Crippen LogP contribution in [-0.4, -0.2) is 61.9 Å². The summed E-state index contributed by atoms with van der Waals surface area (Å²) in [5.74, 6) is 0.503. The second kappa shape index (κ2) is 8.76. The van der Waals surface area contributed by atoms with E-state index < -0.39 is 33.8 Å². The molecule has 1 atom stereocenters. The lowest BCUT2D eigenvalue weighted by molar-refractivity contribution is -0.167. The highest BCUT2D eigenvalue weighted by atomic mass is 28.4. The van der Waals surface area contributed by atoms with Gasteiger partial charge in [0.05, 0.1) is 21.7 Å². The second-order valence-electron chi connectivity index (χ2n) is 11.8. The number of carbonyl (C=O) groups is 2. The summed E-state index contributed by atoms with van der Waals surface area (Å²) in [7, 11) is -1.61. The molecule has 0 unspecified atom stereocenters. The number of carbonyl (C=O) groups excluding carboxylic acids is 2. The van der Waals surface area contributed by atoms with Crippen LogP contribution in [0.15, 0.2) is 54.6 Å². The molecule has 0 N–H and O–H groups in total. The van der Waals surface area contributed by atoms with Gasteiger partial charge in [-0.3, -0.25) is 9.69 Å². The lowest BCUT2D eigenvalue weighted by Gasteiger charge is -2.63. The van der Waals surface area contributed by atoms with Crippen LogP contribution in [0.5, 0.6) is 5.75 Å². The Morgan fingerprint density at radius 3 is 1.85 bits per heavy atom. The smallest absolute Gasteiger partial charge is 0.410 e. The van der Waals surface area contributed by atoms with Gasteiger partial charge in [-0.2, -0.15) is 0 Å². The maximum atomic E-state index is 13.4. The third-order valence-corrected chi connectivity index (χ3v) is 15.5. The number of nitrogens with zero attached hydrogens (tertiary/aromatic N) is 2. The molecule has 0 spiro atoms. The topological polar surface area (TPSA) is 49.9 Å². The van der Waals surface area contributed by atoms with Gasteiger partial charge in [-0.15, -0.1) is 0 Å². The highest BCUT2D eigenvalue weighted by molar-refractivity contribution is 6.96. The zero-order chi connectivity index (χ0) is 24.8. The number of β-lactam (4-membered cyclic amide) rings is 1. The van der Waals surface area contributed by atoms with E-state index in [2.05, 4.69) is 58.0 Å². The number of rotatable bonds is 6. The van der Waals surface area contributed by atoms with Gasteiger partial charge in [0.2, 0.25) is 5.91 Å². The molecule has 1 aliphatic heterocycles. The van der Waals surface area contributed by atoms with Crippen LogP contribution in [0, 0.1) is 0 Å². The van der Waals surface area contributed by atoms with Gasteiger partial charge in [0, 0.05) is 12.3 Å². The lowest BCUT2D eigenvalue weighted by Crippen LogP contribution is -2.84. The molecule has 5 nitrogen and oxygen atoms in total. The third kappa shape index (κ3) is 4.94. The van der Waals surface area contributed by atoms with E-state index in [0.717, 1.165) is 11.1 Å². The summed E-state index contributed by atoms with van der Waals surface area (Å²) in [5, 5.41) is 0.304. The third-order valence-electron chi connectivity index (χ3n) is 6.50. The van der Waals surface area contributed by atoms with E-state index in [-0.39, 0.29) is 5.91 Å². The van der Waals surface area contributed by atoms with Crippen molar-refractivity contribution in [2.24, 2.45) is 0 Å². The minimum Gasteiger partial charge on any atom is -0.410 e. The quantitative estimate of drug-likeness (QED) is 0.381. The summed E-state index contributed by atoms with van der Waals surface area (Å²) in [6.07, 6.45) is -0.508. The molecule has 2 amide bonds. The van der Waals surface area contributed by atoms with E-state index in [4.69, 9.17) is 4.74 Å². The van der Waals surface area contributed by atoms with Crippen LogP contribution in [0.2, 0.25) is 39.3 Å². The summed E-state index contributed by atoms with van der Waals surface area (Å²) in [4.78, 5) is 29.9. The molecule has 1 saturated heterocycles. The van der Waals surface area contributed by atoms with Gasteiger partial charge >= 0.3 is 6.09 Å². The Morgan fingerprint density at radius 1 is 0.909 bits per heavy atom. The van der Waals surface area contributed by atoms with E-state index in [1.807, 2.05) is 42.5 Å². The van der Waals surface area contributed by atoms with Crippen LogP contribution in [0.25, 0.3) is 11.1 Å². The van der Waals surface area contributed by atoms with Crippen LogP contribution in [0.3, 0.4) is 0 Å². The van der Waals surface area contributed by atoms with Gasteiger partial charge in [0.1, 0.15) is 11.8 Å². The molecule has 0 bridgehead atoms. The fourth-order valence-corrected chi connectivity index (χ4v) is 18.4. The molecular weight excluding hydrogens is 444 g/mol. The first-order valence-corrected chi connectivity index (χ1v) is 18.7. The monoisotopic (exact) mass is 482 g/mol. The Balaban J connectivity index is 1.74. The van der Waals surface area contributed by atoms with Crippen molar-refractivity contribution in [1.29, 1.82) is 0 Å². The maximum Gasteiger partial charge on any atom is 0.415 e. The van der Waals surface area contributed by atoms with Crippen molar-refractivity contribution in [1.82, 2.24) is 9.80 Å². The van der Waals surface area contributed by atoms with E-state index in [9.17, 15) is 9.59 Å². The Hall–Kier alpha value is -2.39. The van der Waals surface area contributed by atoms with Gasteiger partial charge in [-0.05, 0) is 37.1 Å². The van der Waals surface area contributed by atoms with Gasteiger partial charge in [0.25, 0.3) is 0 Å². The van der Waals surface area contributed by atoms with Crippen LogP contribution in [0.4, 0.5) is 4.79 Å². The minimum absolute atomic E-state index is 0.0359. The fraction of sp³-hybridized carbons (Fsp3) is 0.462. The average molecular weight is 483 g/mol. The van der Waals surface area contributed by atoms with E-state index in [1.54, 1.807) is 19.2 Å². The van der Waals surface area contributed by atoms with E-state index in [0.29, 0.717) is 11.0 Å². The summed E-state index contributed by atoms with van der Waals surface area (Å²) in [6.45, 7) is 18.2. The summed E-state index contributed by atoms with van der Waals surface area (Å²) in [5.41, 5.74) is 1.72. The molecule has 0 aliphatic carbocycles. The SMILES string of the molecule is CN(C(=O)Oc1ccc(-c2ccccc2)cc1)[C@H]1C(=O)N(C([Si](C)(C)C)[Si](C)(C)C)C1(C)C. The summed E-state index contributed by atoms with van der Waals surface area (Å²) >= 11 is 0. The normalized spacial score (nSPS) is 18.2. The summed E-state index contributed by atoms with van der Waals surface area (Å²) < 4.78 is 5.63. The number of hydrogen-bond acceptors (Lipinski definition) is 3. The number of benzene rings is 2. The predicted molar refractivity (Wildman–Crippen MR) is 141 cm³/mol. The number of likely N-dealkylation sites (tertiary alicyclic amines) is 1. The van der Waals surface area contributed by atoms with Crippen molar-refractivity contribution in [3.05, 3.63) is 54.6 Å². The molecule has 178 valence electrons. The molecule has 1 aliphatic rings. The number of ether oxygens (including phenoxy) is 1. The molecule has 2 aromatic carbocycles. The standard InChI is InChI=1S/C26H38N2O3Si2/c1-26(2)22(23(29)28(26)25(32(4,5)6)33(7,8)9)27(3)24(30)31-21-17-15-20(16-18-21)19-13-11-10-12-14-19/h10-18,22,25H,1-9H3/t22-/m0/s1. The highest BCUT2D eigenvalue weighted by Crippen LogP contribution is 2.42. The Labute approximate surface area is 200 Å². The van der Waals surface area contributed by atoms with Crippen molar-refractivity contribution in [3.8, 4) is 16.9 Å². The molecule has 33 heavy (non-hydrogen) atoms. The van der Waals surface area contributed by atoms with E-state index >= 15 is 0 Å². The minimum atomic E-state index is -1.64. The molecule has 0 aromatic heterocycles.